The lowest BCUT2D eigenvalue weighted by molar-refractivity contribution is -0.122. The van der Waals surface area contributed by atoms with Crippen LogP contribution in [0.5, 0.6) is 0 Å². The molecule has 0 bridgehead atoms. The Morgan fingerprint density at radius 3 is 2.33 bits per heavy atom. The Labute approximate surface area is 158 Å². The summed E-state index contributed by atoms with van der Waals surface area (Å²) >= 11 is 0. The number of amides is 2. The SMILES string of the molecule is C/C(=N\NC(=O)[C@H]1C[C@@H]1c1ccccc1)c1ccc(NC(=O)C2CC2)cc1. The van der Waals surface area contributed by atoms with E-state index in [0.717, 1.165) is 36.2 Å². The van der Waals surface area contributed by atoms with Crippen molar-refractivity contribution in [1.29, 1.82) is 0 Å². The third-order valence-corrected chi connectivity index (χ3v) is 5.21. The fourth-order valence-corrected chi connectivity index (χ4v) is 3.22. The molecule has 2 fully saturated rings. The average Bonchev–Trinajstić information content (AvgIpc) is 3.59. The average molecular weight is 361 g/mol. The van der Waals surface area contributed by atoms with Gasteiger partial charge in [0.15, 0.2) is 0 Å². The summed E-state index contributed by atoms with van der Waals surface area (Å²) in [6, 6.07) is 17.6. The van der Waals surface area contributed by atoms with Crippen LogP contribution in [0.1, 0.15) is 43.2 Å². The lowest BCUT2D eigenvalue weighted by atomic mass is 10.1. The zero-order valence-electron chi connectivity index (χ0n) is 15.3. The smallest absolute Gasteiger partial charge is 0.243 e. The minimum Gasteiger partial charge on any atom is -0.326 e. The van der Waals surface area contributed by atoms with Crippen molar-refractivity contribution in [3.8, 4) is 0 Å². The van der Waals surface area contributed by atoms with Crippen molar-refractivity contribution < 1.29 is 9.59 Å². The molecule has 27 heavy (non-hydrogen) atoms. The molecule has 0 heterocycles. The Kier molecular flexibility index (Phi) is 4.75. The molecule has 2 aromatic rings. The fraction of sp³-hybridized carbons (Fsp3) is 0.318. The molecule has 2 aliphatic rings. The highest BCUT2D eigenvalue weighted by molar-refractivity contribution is 6.00. The number of nitrogens with zero attached hydrogens (tertiary/aromatic N) is 1. The summed E-state index contributed by atoms with van der Waals surface area (Å²) in [5.74, 6) is 0.555. The molecule has 0 aliphatic heterocycles. The van der Waals surface area contributed by atoms with Crippen LogP contribution in [0.15, 0.2) is 59.7 Å². The lowest BCUT2D eigenvalue weighted by Gasteiger charge is -2.06. The number of hydrazone groups is 1. The predicted octanol–water partition coefficient (Wildman–Crippen LogP) is 3.68. The van der Waals surface area contributed by atoms with Crippen molar-refractivity contribution >= 4 is 23.2 Å². The maximum Gasteiger partial charge on any atom is 0.243 e. The number of anilines is 1. The fourth-order valence-electron chi connectivity index (χ4n) is 3.22. The van der Waals surface area contributed by atoms with Gasteiger partial charge < -0.3 is 5.32 Å². The van der Waals surface area contributed by atoms with Gasteiger partial charge in [-0.05, 0) is 55.4 Å². The van der Waals surface area contributed by atoms with Crippen LogP contribution < -0.4 is 10.7 Å². The van der Waals surface area contributed by atoms with E-state index < -0.39 is 0 Å². The molecule has 0 spiro atoms. The van der Waals surface area contributed by atoms with Crippen LogP contribution in [-0.2, 0) is 9.59 Å². The number of hydrogen-bond donors (Lipinski definition) is 2. The van der Waals surface area contributed by atoms with Gasteiger partial charge in [-0.3, -0.25) is 9.59 Å². The van der Waals surface area contributed by atoms with Crippen LogP contribution in [0.3, 0.4) is 0 Å². The minimum absolute atomic E-state index is 0.00367. The standard InChI is InChI=1S/C22H23N3O2/c1-14(15-9-11-18(12-10-15)23-21(26)17-7-8-17)24-25-22(27)20-13-19(20)16-5-3-2-4-6-16/h2-6,9-12,17,19-20H,7-8,13H2,1H3,(H,23,26)(H,25,27)/b24-14+/t19-,20+/m1/s1. The topological polar surface area (TPSA) is 70.6 Å². The molecular formula is C22H23N3O2. The number of nitrogens with one attached hydrogen (secondary N) is 2. The van der Waals surface area contributed by atoms with Crippen LogP contribution >= 0.6 is 0 Å². The third kappa shape index (κ3) is 4.25. The van der Waals surface area contributed by atoms with Gasteiger partial charge in [-0.25, -0.2) is 5.43 Å². The van der Waals surface area contributed by atoms with Gasteiger partial charge in [-0.1, -0.05) is 42.5 Å². The molecule has 2 aliphatic carbocycles. The van der Waals surface area contributed by atoms with E-state index in [0.29, 0.717) is 5.92 Å². The van der Waals surface area contributed by atoms with Crippen molar-refractivity contribution in [3.63, 3.8) is 0 Å². The van der Waals surface area contributed by atoms with Crippen LogP contribution in [0, 0.1) is 11.8 Å². The molecule has 138 valence electrons. The number of benzene rings is 2. The van der Waals surface area contributed by atoms with E-state index >= 15 is 0 Å². The molecule has 2 atom stereocenters. The van der Waals surface area contributed by atoms with Gasteiger partial charge in [0.1, 0.15) is 0 Å². The number of carbonyl (C=O) groups is 2. The lowest BCUT2D eigenvalue weighted by Crippen LogP contribution is -2.21. The van der Waals surface area contributed by atoms with E-state index in [2.05, 4.69) is 28.0 Å². The number of rotatable bonds is 6. The van der Waals surface area contributed by atoms with Crippen LogP contribution in [0.2, 0.25) is 0 Å². The maximum absolute atomic E-state index is 12.3. The Balaban J connectivity index is 1.31. The highest BCUT2D eigenvalue weighted by Gasteiger charge is 2.43. The van der Waals surface area contributed by atoms with E-state index in [1.807, 2.05) is 49.4 Å². The van der Waals surface area contributed by atoms with E-state index in [4.69, 9.17) is 0 Å². The van der Waals surface area contributed by atoms with Gasteiger partial charge in [0, 0.05) is 17.5 Å². The molecule has 4 rings (SSSR count). The molecule has 2 aromatic carbocycles. The van der Waals surface area contributed by atoms with Crippen LogP contribution in [-0.4, -0.2) is 17.5 Å². The molecule has 2 amide bonds. The molecule has 0 unspecified atom stereocenters. The Bertz CT molecular complexity index is 870. The third-order valence-electron chi connectivity index (χ3n) is 5.21. The zero-order chi connectivity index (χ0) is 18.8. The molecule has 2 saturated carbocycles. The molecule has 2 N–H and O–H groups in total. The second-order valence-electron chi connectivity index (χ2n) is 7.37. The van der Waals surface area contributed by atoms with Gasteiger partial charge in [0.05, 0.1) is 5.71 Å². The quantitative estimate of drug-likeness (QED) is 0.609. The van der Waals surface area contributed by atoms with Crippen LogP contribution in [0.25, 0.3) is 0 Å². The number of carbonyl (C=O) groups excluding carboxylic acids is 2. The summed E-state index contributed by atoms with van der Waals surface area (Å²) in [7, 11) is 0. The minimum atomic E-state index is -0.0310. The largest absolute Gasteiger partial charge is 0.326 e. The van der Waals surface area contributed by atoms with Gasteiger partial charge in [0.2, 0.25) is 11.8 Å². The first kappa shape index (κ1) is 17.5. The van der Waals surface area contributed by atoms with Gasteiger partial charge >= 0.3 is 0 Å². The Hall–Kier alpha value is -2.95. The molecule has 0 saturated heterocycles. The van der Waals surface area contributed by atoms with E-state index in [-0.39, 0.29) is 23.7 Å². The normalized spacial score (nSPS) is 21.4. The van der Waals surface area contributed by atoms with Crippen molar-refractivity contribution in [2.45, 2.75) is 32.1 Å². The summed E-state index contributed by atoms with van der Waals surface area (Å²) in [5, 5.41) is 7.16. The first-order valence-electron chi connectivity index (χ1n) is 9.42. The molecule has 5 nitrogen and oxygen atoms in total. The van der Waals surface area contributed by atoms with Crippen molar-refractivity contribution in [3.05, 3.63) is 65.7 Å². The van der Waals surface area contributed by atoms with Crippen molar-refractivity contribution in [2.24, 2.45) is 16.9 Å². The summed E-state index contributed by atoms with van der Waals surface area (Å²) in [4.78, 5) is 24.1. The second kappa shape index (κ2) is 7.35. The van der Waals surface area contributed by atoms with Crippen LogP contribution in [0.4, 0.5) is 5.69 Å². The Morgan fingerprint density at radius 2 is 1.67 bits per heavy atom. The summed E-state index contributed by atoms with van der Waals surface area (Å²) in [5.41, 5.74) is 6.34. The zero-order valence-corrected chi connectivity index (χ0v) is 15.3. The maximum atomic E-state index is 12.3. The summed E-state index contributed by atoms with van der Waals surface area (Å²) in [6.07, 6.45) is 2.85. The van der Waals surface area contributed by atoms with Crippen molar-refractivity contribution in [1.82, 2.24) is 5.43 Å². The van der Waals surface area contributed by atoms with Gasteiger partial charge in [0.25, 0.3) is 0 Å². The summed E-state index contributed by atoms with van der Waals surface area (Å²) < 4.78 is 0. The first-order chi connectivity index (χ1) is 13.1. The highest BCUT2D eigenvalue weighted by Crippen LogP contribution is 2.47. The Morgan fingerprint density at radius 1 is 0.963 bits per heavy atom. The predicted molar refractivity (Wildman–Crippen MR) is 105 cm³/mol. The molecule has 0 radical (unpaired) electrons. The highest BCUT2D eigenvalue weighted by atomic mass is 16.2. The van der Waals surface area contributed by atoms with Crippen molar-refractivity contribution in [2.75, 3.05) is 5.32 Å². The molecular weight excluding hydrogens is 338 g/mol. The second-order valence-corrected chi connectivity index (χ2v) is 7.37. The van der Waals surface area contributed by atoms with E-state index in [1.54, 1.807) is 0 Å². The summed E-state index contributed by atoms with van der Waals surface area (Å²) in [6.45, 7) is 1.86. The first-order valence-corrected chi connectivity index (χ1v) is 9.42. The molecule has 0 aromatic heterocycles. The van der Waals surface area contributed by atoms with Gasteiger partial charge in [-0.15, -0.1) is 0 Å². The monoisotopic (exact) mass is 361 g/mol. The number of hydrogen-bond acceptors (Lipinski definition) is 3. The van der Waals surface area contributed by atoms with Gasteiger partial charge in [-0.2, -0.15) is 5.10 Å². The van der Waals surface area contributed by atoms with E-state index in [9.17, 15) is 9.59 Å². The molecule has 5 heteroatoms. The van der Waals surface area contributed by atoms with E-state index in [1.165, 1.54) is 5.56 Å².